The highest BCUT2D eigenvalue weighted by Crippen LogP contribution is 2.27. The van der Waals surface area contributed by atoms with Crippen LogP contribution in [-0.4, -0.2) is 34.3 Å². The number of H-pyrrole nitrogens is 1. The number of anilines is 1. The van der Waals surface area contributed by atoms with E-state index in [9.17, 15) is 8.42 Å². The molecule has 126 valence electrons. The molecule has 1 aromatic carbocycles. The molecule has 0 spiro atoms. The minimum absolute atomic E-state index is 0.0280. The van der Waals surface area contributed by atoms with E-state index in [0.29, 0.717) is 16.5 Å². The number of thiazole rings is 1. The lowest BCUT2D eigenvalue weighted by Gasteiger charge is -2.22. The van der Waals surface area contributed by atoms with E-state index in [0.717, 1.165) is 10.7 Å². The summed E-state index contributed by atoms with van der Waals surface area (Å²) in [6.07, 6.45) is 1.67. The van der Waals surface area contributed by atoms with Crippen molar-refractivity contribution in [1.82, 2.24) is 20.2 Å². The number of benzene rings is 1. The monoisotopic (exact) mass is 363 g/mol. The Morgan fingerprint density at radius 2 is 2.00 bits per heavy atom. The van der Waals surface area contributed by atoms with Crippen LogP contribution in [0.15, 0.2) is 36.5 Å². The van der Waals surface area contributed by atoms with E-state index in [1.807, 2.05) is 25.1 Å². The van der Waals surface area contributed by atoms with Crippen LogP contribution >= 0.6 is 11.3 Å². The fourth-order valence-corrected chi connectivity index (χ4v) is 4.16. The van der Waals surface area contributed by atoms with Gasteiger partial charge in [0.05, 0.1) is 22.9 Å². The molecule has 0 amide bonds. The van der Waals surface area contributed by atoms with Crippen LogP contribution in [-0.2, 0) is 16.6 Å². The summed E-state index contributed by atoms with van der Waals surface area (Å²) in [6, 6.07) is 9.04. The van der Waals surface area contributed by atoms with Crippen molar-refractivity contribution in [2.24, 2.45) is 0 Å². The van der Waals surface area contributed by atoms with Gasteiger partial charge in [-0.15, -0.1) is 11.3 Å². The molecular weight excluding hydrogens is 346 g/mol. The molecule has 7 nitrogen and oxygen atoms in total. The molecule has 24 heavy (non-hydrogen) atoms. The Morgan fingerprint density at radius 1 is 1.25 bits per heavy atom. The maximum absolute atomic E-state index is 12.5. The van der Waals surface area contributed by atoms with Gasteiger partial charge >= 0.3 is 0 Å². The maximum Gasteiger partial charge on any atom is 0.235 e. The third-order valence-corrected chi connectivity index (χ3v) is 6.11. The third kappa shape index (κ3) is 3.46. The second-order valence-corrected chi connectivity index (χ2v) is 8.40. The van der Waals surface area contributed by atoms with Gasteiger partial charge in [0.25, 0.3) is 0 Å². The van der Waals surface area contributed by atoms with Gasteiger partial charge in [-0.1, -0.05) is 18.2 Å². The predicted octanol–water partition coefficient (Wildman–Crippen LogP) is 2.59. The lowest BCUT2D eigenvalue weighted by atomic mass is 10.3. The average molecular weight is 363 g/mol. The molecule has 0 saturated heterocycles. The van der Waals surface area contributed by atoms with Gasteiger partial charge in [0.2, 0.25) is 10.0 Å². The largest absolute Gasteiger partial charge is 0.263 e. The molecule has 0 radical (unpaired) electrons. The highest BCUT2D eigenvalue weighted by atomic mass is 32.2. The third-order valence-electron chi connectivity index (χ3n) is 3.39. The zero-order valence-electron chi connectivity index (χ0n) is 13.3. The van der Waals surface area contributed by atoms with Crippen LogP contribution in [0.3, 0.4) is 0 Å². The zero-order valence-corrected chi connectivity index (χ0v) is 14.9. The standard InChI is InChI=1S/C15H17N5O2S2/c1-3-24(21,22)20(12-7-5-4-6-8-12)10-14-16-9-13(23-14)15-17-11(2)18-19-15/h4-9H,3,10H2,1-2H3,(H,17,18,19). The molecule has 3 aromatic rings. The maximum atomic E-state index is 12.5. The summed E-state index contributed by atoms with van der Waals surface area (Å²) in [5, 5.41) is 7.58. The van der Waals surface area contributed by atoms with Crippen molar-refractivity contribution in [2.45, 2.75) is 20.4 Å². The molecule has 9 heteroatoms. The van der Waals surface area contributed by atoms with Crippen molar-refractivity contribution in [2.75, 3.05) is 10.1 Å². The molecule has 0 aliphatic heterocycles. The Bertz CT molecular complexity index is 918. The lowest BCUT2D eigenvalue weighted by Crippen LogP contribution is -2.31. The first kappa shape index (κ1) is 16.6. The minimum Gasteiger partial charge on any atom is -0.263 e. The van der Waals surface area contributed by atoms with Gasteiger partial charge in [-0.3, -0.25) is 9.40 Å². The van der Waals surface area contributed by atoms with Gasteiger partial charge in [0.15, 0.2) is 5.82 Å². The van der Waals surface area contributed by atoms with Crippen molar-refractivity contribution in [1.29, 1.82) is 0 Å². The molecule has 0 atom stereocenters. The van der Waals surface area contributed by atoms with Crippen LogP contribution < -0.4 is 4.31 Å². The normalized spacial score (nSPS) is 11.6. The smallest absolute Gasteiger partial charge is 0.235 e. The predicted molar refractivity (Wildman–Crippen MR) is 94.3 cm³/mol. The molecule has 2 heterocycles. The van der Waals surface area contributed by atoms with Crippen LogP contribution in [0, 0.1) is 6.92 Å². The van der Waals surface area contributed by atoms with E-state index in [4.69, 9.17) is 0 Å². The molecule has 0 fully saturated rings. The number of hydrogen-bond donors (Lipinski definition) is 1. The van der Waals surface area contributed by atoms with Gasteiger partial charge < -0.3 is 0 Å². The van der Waals surface area contributed by atoms with E-state index in [-0.39, 0.29) is 12.3 Å². The Kier molecular flexibility index (Phi) is 4.63. The number of aromatic nitrogens is 4. The number of aryl methyl sites for hydroxylation is 1. The average Bonchev–Trinajstić information content (AvgIpc) is 3.22. The van der Waals surface area contributed by atoms with E-state index < -0.39 is 10.0 Å². The topological polar surface area (TPSA) is 91.8 Å². The Labute approximate surface area is 144 Å². The summed E-state index contributed by atoms with van der Waals surface area (Å²) in [5.41, 5.74) is 0.629. The molecular formula is C15H17N5O2S2. The first-order valence-corrected chi connectivity index (χ1v) is 9.81. The fraction of sp³-hybridized carbons (Fsp3) is 0.267. The van der Waals surface area contributed by atoms with Crippen LogP contribution in [0.1, 0.15) is 17.8 Å². The number of hydrogen-bond acceptors (Lipinski definition) is 6. The molecule has 3 rings (SSSR count). The van der Waals surface area contributed by atoms with Gasteiger partial charge in [-0.2, -0.15) is 5.10 Å². The van der Waals surface area contributed by atoms with Crippen LogP contribution in [0.2, 0.25) is 0 Å². The lowest BCUT2D eigenvalue weighted by molar-refractivity contribution is 0.591. The zero-order chi connectivity index (χ0) is 17.2. The number of sulfonamides is 1. The molecule has 0 saturated carbocycles. The number of nitrogens with zero attached hydrogens (tertiary/aromatic N) is 4. The summed E-state index contributed by atoms with van der Waals surface area (Å²) >= 11 is 1.39. The highest BCUT2D eigenvalue weighted by molar-refractivity contribution is 7.92. The SMILES string of the molecule is CCS(=O)(=O)N(Cc1ncc(-c2n[nH]c(C)n2)s1)c1ccccc1. The van der Waals surface area contributed by atoms with Crippen LogP contribution in [0.4, 0.5) is 5.69 Å². The van der Waals surface area contributed by atoms with Crippen molar-refractivity contribution in [3.8, 4) is 10.7 Å². The Morgan fingerprint density at radius 3 is 2.62 bits per heavy atom. The first-order valence-electron chi connectivity index (χ1n) is 7.39. The van der Waals surface area contributed by atoms with E-state index >= 15 is 0 Å². The van der Waals surface area contributed by atoms with Crippen LogP contribution in [0.5, 0.6) is 0 Å². The first-order chi connectivity index (χ1) is 11.5. The molecule has 0 bridgehead atoms. The van der Waals surface area contributed by atoms with E-state index in [2.05, 4.69) is 20.2 Å². The second kappa shape index (κ2) is 6.70. The summed E-state index contributed by atoms with van der Waals surface area (Å²) in [7, 11) is -3.40. The Hall–Kier alpha value is -2.26. The van der Waals surface area contributed by atoms with Gasteiger partial charge in [0, 0.05) is 6.20 Å². The van der Waals surface area contributed by atoms with E-state index in [1.54, 1.807) is 25.3 Å². The van der Waals surface area contributed by atoms with E-state index in [1.165, 1.54) is 15.6 Å². The molecule has 2 aromatic heterocycles. The van der Waals surface area contributed by atoms with Gasteiger partial charge in [-0.05, 0) is 26.0 Å². The van der Waals surface area contributed by atoms with Crippen molar-refractivity contribution in [3.63, 3.8) is 0 Å². The highest BCUT2D eigenvalue weighted by Gasteiger charge is 2.22. The number of nitrogens with one attached hydrogen (secondary N) is 1. The number of para-hydroxylation sites is 1. The summed E-state index contributed by atoms with van der Waals surface area (Å²) in [5.74, 6) is 1.32. The quantitative estimate of drug-likeness (QED) is 0.727. The molecule has 1 N–H and O–H groups in total. The summed E-state index contributed by atoms with van der Waals surface area (Å²) in [4.78, 5) is 9.40. The summed E-state index contributed by atoms with van der Waals surface area (Å²) in [6.45, 7) is 3.65. The fourth-order valence-electron chi connectivity index (χ4n) is 2.16. The van der Waals surface area contributed by atoms with Crippen molar-refractivity contribution < 1.29 is 8.42 Å². The second-order valence-electron chi connectivity index (χ2n) is 5.11. The number of rotatable bonds is 6. The van der Waals surface area contributed by atoms with Crippen LogP contribution in [0.25, 0.3) is 10.7 Å². The van der Waals surface area contributed by atoms with Crippen molar-refractivity contribution >= 4 is 27.0 Å². The molecule has 0 unspecified atom stereocenters. The van der Waals surface area contributed by atoms with Crippen molar-refractivity contribution in [3.05, 3.63) is 47.4 Å². The van der Waals surface area contributed by atoms with Gasteiger partial charge in [0.1, 0.15) is 10.8 Å². The van der Waals surface area contributed by atoms with Gasteiger partial charge in [-0.25, -0.2) is 18.4 Å². The summed E-state index contributed by atoms with van der Waals surface area (Å²) < 4.78 is 26.3. The Balaban J connectivity index is 1.90. The number of aromatic amines is 1. The molecule has 0 aliphatic rings. The molecule has 0 aliphatic carbocycles. The minimum atomic E-state index is -3.40.